The second kappa shape index (κ2) is 9.86. The molecule has 0 fully saturated rings. The first-order valence-electron chi connectivity index (χ1n) is 9.13. The van der Waals surface area contributed by atoms with Crippen LogP contribution in [0.4, 0.5) is 4.39 Å². The van der Waals surface area contributed by atoms with Gasteiger partial charge in [0.2, 0.25) is 5.91 Å². The number of carbonyl (C=O) groups excluding carboxylic acids is 2. The molecular formula is C22H26FNO3. The number of hydrogen-bond acceptors (Lipinski definition) is 3. The summed E-state index contributed by atoms with van der Waals surface area (Å²) in [6.07, 6.45) is 0.630. The quantitative estimate of drug-likeness (QED) is 0.705. The third-order valence-corrected chi connectivity index (χ3v) is 4.11. The summed E-state index contributed by atoms with van der Waals surface area (Å²) in [7, 11) is 0. The van der Waals surface area contributed by atoms with Crippen LogP contribution in [0, 0.1) is 12.7 Å². The van der Waals surface area contributed by atoms with E-state index in [2.05, 4.69) is 5.32 Å². The van der Waals surface area contributed by atoms with Crippen molar-refractivity contribution >= 4 is 11.9 Å². The van der Waals surface area contributed by atoms with Crippen LogP contribution in [0.5, 0.6) is 0 Å². The average molecular weight is 371 g/mol. The van der Waals surface area contributed by atoms with Crippen LogP contribution in [0.1, 0.15) is 49.4 Å². The smallest absolute Gasteiger partial charge is 0.308 e. The Labute approximate surface area is 159 Å². The van der Waals surface area contributed by atoms with Gasteiger partial charge < -0.3 is 10.1 Å². The number of ether oxygens (including phenoxy) is 1. The average Bonchev–Trinajstić information content (AvgIpc) is 2.60. The molecule has 0 heterocycles. The van der Waals surface area contributed by atoms with Gasteiger partial charge >= 0.3 is 5.97 Å². The normalized spacial score (nSPS) is 11.9. The summed E-state index contributed by atoms with van der Waals surface area (Å²) in [6.45, 7) is 5.56. The van der Waals surface area contributed by atoms with Gasteiger partial charge in [-0.2, -0.15) is 0 Å². The van der Waals surface area contributed by atoms with Gasteiger partial charge in [0.25, 0.3) is 0 Å². The number of halogens is 1. The Bertz CT molecular complexity index is 754. The van der Waals surface area contributed by atoms with Crippen molar-refractivity contribution < 1.29 is 18.7 Å². The van der Waals surface area contributed by atoms with E-state index >= 15 is 0 Å². The van der Waals surface area contributed by atoms with E-state index in [0.717, 1.165) is 16.7 Å². The molecule has 1 atom stereocenters. The van der Waals surface area contributed by atoms with E-state index in [-0.39, 0.29) is 36.6 Å². The lowest BCUT2D eigenvalue weighted by Gasteiger charge is -2.20. The molecule has 0 aliphatic carbocycles. The Kier molecular flexibility index (Phi) is 7.53. The number of benzene rings is 2. The topological polar surface area (TPSA) is 55.4 Å². The molecule has 1 N–H and O–H groups in total. The van der Waals surface area contributed by atoms with Crippen LogP contribution < -0.4 is 5.32 Å². The minimum Gasteiger partial charge on any atom is -0.463 e. The Morgan fingerprint density at radius 1 is 1.04 bits per heavy atom. The van der Waals surface area contributed by atoms with Gasteiger partial charge in [0.05, 0.1) is 18.6 Å². The molecule has 2 aromatic carbocycles. The summed E-state index contributed by atoms with van der Waals surface area (Å²) in [6, 6.07) is 13.3. The van der Waals surface area contributed by atoms with Crippen molar-refractivity contribution in [1.82, 2.24) is 5.32 Å². The third kappa shape index (κ3) is 7.21. The van der Waals surface area contributed by atoms with Gasteiger partial charge in [0.15, 0.2) is 0 Å². The molecule has 2 rings (SSSR count). The predicted octanol–water partition coefficient (Wildman–Crippen LogP) is 4.27. The number of hydrogen-bond donors (Lipinski definition) is 1. The molecular weight excluding hydrogens is 345 g/mol. The summed E-state index contributed by atoms with van der Waals surface area (Å²) in [5.74, 6) is -0.817. The Morgan fingerprint density at radius 2 is 1.67 bits per heavy atom. The van der Waals surface area contributed by atoms with Crippen LogP contribution >= 0.6 is 0 Å². The highest BCUT2D eigenvalue weighted by molar-refractivity contribution is 5.78. The van der Waals surface area contributed by atoms with Crippen molar-refractivity contribution in [2.75, 3.05) is 0 Å². The maximum absolute atomic E-state index is 13.0. The molecule has 0 radical (unpaired) electrons. The Morgan fingerprint density at radius 3 is 2.26 bits per heavy atom. The first-order valence-corrected chi connectivity index (χ1v) is 9.13. The van der Waals surface area contributed by atoms with E-state index in [0.29, 0.717) is 6.42 Å². The van der Waals surface area contributed by atoms with E-state index in [1.807, 2.05) is 31.2 Å². The zero-order valence-electron chi connectivity index (χ0n) is 16.0. The molecule has 2 aromatic rings. The Hall–Kier alpha value is -2.69. The monoisotopic (exact) mass is 371 g/mol. The van der Waals surface area contributed by atoms with Crippen LogP contribution in [0.2, 0.25) is 0 Å². The minimum absolute atomic E-state index is 0.0729. The molecule has 0 aliphatic rings. The molecule has 0 aliphatic heterocycles. The number of amides is 1. The van der Waals surface area contributed by atoms with Crippen LogP contribution in [-0.2, 0) is 20.7 Å². The summed E-state index contributed by atoms with van der Waals surface area (Å²) in [5, 5.41) is 2.92. The SMILES string of the molecule is Cc1ccc(C(CC(=O)OC(C)C)NC(=O)CCc2ccc(F)cc2)cc1. The highest BCUT2D eigenvalue weighted by atomic mass is 19.1. The maximum Gasteiger partial charge on any atom is 0.308 e. The maximum atomic E-state index is 13.0. The zero-order valence-corrected chi connectivity index (χ0v) is 16.0. The highest BCUT2D eigenvalue weighted by Gasteiger charge is 2.20. The standard InChI is InChI=1S/C22H26FNO3/c1-15(2)27-22(26)14-20(18-9-4-16(3)5-10-18)24-21(25)13-8-17-6-11-19(23)12-7-17/h4-7,9-12,15,20H,8,13-14H2,1-3H3,(H,24,25). The number of aryl methyl sites for hydroxylation is 2. The third-order valence-electron chi connectivity index (χ3n) is 4.11. The van der Waals surface area contributed by atoms with E-state index in [9.17, 15) is 14.0 Å². The molecule has 1 unspecified atom stereocenters. The van der Waals surface area contributed by atoms with Crippen LogP contribution in [0.3, 0.4) is 0 Å². The van der Waals surface area contributed by atoms with Crippen molar-refractivity contribution in [1.29, 1.82) is 0 Å². The van der Waals surface area contributed by atoms with E-state index < -0.39 is 6.04 Å². The van der Waals surface area contributed by atoms with Crippen molar-refractivity contribution in [2.45, 2.75) is 52.2 Å². The zero-order chi connectivity index (χ0) is 19.8. The number of rotatable bonds is 8. The van der Waals surface area contributed by atoms with Gasteiger partial charge in [-0.05, 0) is 50.5 Å². The van der Waals surface area contributed by atoms with Crippen molar-refractivity contribution in [2.24, 2.45) is 0 Å². The van der Waals surface area contributed by atoms with E-state index in [1.54, 1.807) is 26.0 Å². The minimum atomic E-state index is -0.447. The fourth-order valence-corrected chi connectivity index (χ4v) is 2.70. The first kappa shape index (κ1) is 20.6. The van der Waals surface area contributed by atoms with Gasteiger partial charge in [0.1, 0.15) is 5.82 Å². The summed E-state index contributed by atoms with van der Waals surface area (Å²) < 4.78 is 18.2. The molecule has 0 saturated heterocycles. The van der Waals surface area contributed by atoms with Crippen molar-refractivity contribution in [3.05, 3.63) is 71.0 Å². The molecule has 0 saturated carbocycles. The fraction of sp³-hybridized carbons (Fsp3) is 0.364. The Balaban J connectivity index is 2.01. The lowest BCUT2D eigenvalue weighted by Crippen LogP contribution is -2.31. The summed E-state index contributed by atoms with van der Waals surface area (Å²) in [4.78, 5) is 24.5. The second-order valence-corrected chi connectivity index (χ2v) is 6.90. The molecule has 0 spiro atoms. The summed E-state index contributed by atoms with van der Waals surface area (Å²) >= 11 is 0. The van der Waals surface area contributed by atoms with Crippen molar-refractivity contribution in [3.8, 4) is 0 Å². The molecule has 1 amide bonds. The van der Waals surface area contributed by atoms with Crippen LogP contribution in [0.15, 0.2) is 48.5 Å². The van der Waals surface area contributed by atoms with Gasteiger partial charge in [-0.25, -0.2) is 4.39 Å². The molecule has 27 heavy (non-hydrogen) atoms. The number of esters is 1. The lowest BCUT2D eigenvalue weighted by atomic mass is 10.0. The van der Waals surface area contributed by atoms with E-state index in [1.165, 1.54) is 12.1 Å². The highest BCUT2D eigenvalue weighted by Crippen LogP contribution is 2.19. The van der Waals surface area contributed by atoms with E-state index in [4.69, 9.17) is 4.74 Å². The van der Waals surface area contributed by atoms with Gasteiger partial charge in [-0.15, -0.1) is 0 Å². The van der Waals surface area contributed by atoms with Gasteiger partial charge in [0, 0.05) is 6.42 Å². The molecule has 144 valence electrons. The lowest BCUT2D eigenvalue weighted by molar-refractivity contribution is -0.148. The van der Waals surface area contributed by atoms with Gasteiger partial charge in [-0.3, -0.25) is 9.59 Å². The van der Waals surface area contributed by atoms with Gasteiger partial charge in [-0.1, -0.05) is 42.0 Å². The molecule has 0 bridgehead atoms. The molecule has 5 heteroatoms. The summed E-state index contributed by atoms with van der Waals surface area (Å²) in [5.41, 5.74) is 2.85. The van der Waals surface area contributed by atoms with Crippen molar-refractivity contribution in [3.63, 3.8) is 0 Å². The second-order valence-electron chi connectivity index (χ2n) is 6.90. The van der Waals surface area contributed by atoms with Crippen LogP contribution in [0.25, 0.3) is 0 Å². The number of nitrogens with one attached hydrogen (secondary N) is 1. The molecule has 4 nitrogen and oxygen atoms in total. The molecule has 0 aromatic heterocycles. The fourth-order valence-electron chi connectivity index (χ4n) is 2.70. The first-order chi connectivity index (χ1) is 12.8. The predicted molar refractivity (Wildman–Crippen MR) is 103 cm³/mol. The largest absolute Gasteiger partial charge is 0.463 e. The van der Waals surface area contributed by atoms with Crippen LogP contribution in [-0.4, -0.2) is 18.0 Å². The number of carbonyl (C=O) groups is 2.